The maximum Gasteiger partial charge on any atom is 0.416 e. The number of alkyl halides is 3. The van der Waals surface area contributed by atoms with Gasteiger partial charge in [0.2, 0.25) is 0 Å². The highest BCUT2D eigenvalue weighted by Crippen LogP contribution is 2.36. The second-order valence-electron chi connectivity index (χ2n) is 7.39. The molecule has 2 aromatic carbocycles. The van der Waals surface area contributed by atoms with Crippen LogP contribution in [-0.2, 0) is 19.3 Å². The molecule has 0 fully saturated rings. The average Bonchev–Trinajstić information content (AvgIpc) is 3.37. The van der Waals surface area contributed by atoms with E-state index in [-0.39, 0.29) is 23.8 Å². The lowest BCUT2D eigenvalue weighted by molar-refractivity contribution is -0.138. The molecule has 0 aliphatic heterocycles. The van der Waals surface area contributed by atoms with Crippen LogP contribution in [-0.4, -0.2) is 23.0 Å². The lowest BCUT2D eigenvalue weighted by Gasteiger charge is -2.15. The first-order valence-corrected chi connectivity index (χ1v) is 11.3. The highest BCUT2D eigenvalue weighted by Gasteiger charge is 2.33. The van der Waals surface area contributed by atoms with Crippen molar-refractivity contribution in [2.24, 2.45) is 0 Å². The maximum absolute atomic E-state index is 13.2. The fourth-order valence-electron chi connectivity index (χ4n) is 3.28. The minimum absolute atomic E-state index is 0.0213. The van der Waals surface area contributed by atoms with Gasteiger partial charge >= 0.3 is 6.18 Å². The standard InChI is InChI=1S/C25H20F3N3O3S/c1-33-22-11-17(8-9-21(22)34-14-18-6-2-3-7-19(18)25(26,27)28)24-31-20(15-35-24)23(32)30-13-16-5-4-10-29-12-16/h2-12,15H,13-14H2,1H3,(H,30,32). The van der Waals surface area contributed by atoms with E-state index in [9.17, 15) is 18.0 Å². The Morgan fingerprint density at radius 3 is 2.66 bits per heavy atom. The summed E-state index contributed by atoms with van der Waals surface area (Å²) in [5.41, 5.74) is 1.10. The van der Waals surface area contributed by atoms with Crippen LogP contribution in [0.1, 0.15) is 27.2 Å². The number of pyridine rings is 1. The third-order valence-electron chi connectivity index (χ3n) is 5.03. The van der Waals surface area contributed by atoms with Crippen LogP contribution in [0.2, 0.25) is 0 Å². The van der Waals surface area contributed by atoms with Crippen molar-refractivity contribution in [2.75, 3.05) is 7.11 Å². The number of methoxy groups -OCH3 is 1. The third kappa shape index (κ3) is 5.96. The zero-order valence-corrected chi connectivity index (χ0v) is 19.3. The van der Waals surface area contributed by atoms with Crippen LogP contribution >= 0.6 is 11.3 Å². The van der Waals surface area contributed by atoms with Gasteiger partial charge in [0.05, 0.1) is 12.7 Å². The Labute approximate surface area is 203 Å². The van der Waals surface area contributed by atoms with Crippen molar-refractivity contribution in [2.45, 2.75) is 19.3 Å². The summed E-state index contributed by atoms with van der Waals surface area (Å²) in [6.45, 7) is 0.0563. The number of halogens is 3. The van der Waals surface area contributed by atoms with E-state index in [2.05, 4.69) is 15.3 Å². The number of carbonyl (C=O) groups excluding carboxylic acids is 1. The normalized spacial score (nSPS) is 11.2. The number of rotatable bonds is 8. The van der Waals surface area contributed by atoms with Crippen molar-refractivity contribution in [1.82, 2.24) is 15.3 Å². The lowest BCUT2D eigenvalue weighted by Crippen LogP contribution is -2.23. The molecule has 0 radical (unpaired) electrons. The molecule has 2 aromatic heterocycles. The SMILES string of the molecule is COc1cc(-c2nc(C(=O)NCc3cccnc3)cs2)ccc1OCc1ccccc1C(F)(F)F. The molecule has 0 aliphatic rings. The van der Waals surface area contributed by atoms with Gasteiger partial charge in [0, 0.05) is 35.4 Å². The average molecular weight is 500 g/mol. The van der Waals surface area contributed by atoms with Gasteiger partial charge in [-0.25, -0.2) is 4.98 Å². The Kier molecular flexibility index (Phi) is 7.31. The van der Waals surface area contributed by atoms with Gasteiger partial charge in [-0.05, 0) is 35.9 Å². The van der Waals surface area contributed by atoms with E-state index in [1.54, 1.807) is 42.0 Å². The van der Waals surface area contributed by atoms with Crippen LogP contribution in [0.25, 0.3) is 10.6 Å². The predicted octanol–water partition coefficient (Wildman–Crippen LogP) is 5.74. The molecule has 0 unspecified atom stereocenters. The number of hydrogen-bond acceptors (Lipinski definition) is 6. The van der Waals surface area contributed by atoms with Crippen molar-refractivity contribution in [3.63, 3.8) is 0 Å². The van der Waals surface area contributed by atoms with Crippen LogP contribution < -0.4 is 14.8 Å². The van der Waals surface area contributed by atoms with Gasteiger partial charge < -0.3 is 14.8 Å². The molecule has 10 heteroatoms. The summed E-state index contributed by atoms with van der Waals surface area (Å²) < 4.78 is 50.7. The van der Waals surface area contributed by atoms with Crippen LogP contribution in [0.4, 0.5) is 13.2 Å². The first-order valence-electron chi connectivity index (χ1n) is 10.4. The Balaban J connectivity index is 1.45. The number of nitrogens with zero attached hydrogens (tertiary/aromatic N) is 2. The van der Waals surface area contributed by atoms with Gasteiger partial charge in [-0.15, -0.1) is 11.3 Å². The summed E-state index contributed by atoms with van der Waals surface area (Å²) in [4.78, 5) is 20.9. The molecule has 0 aliphatic carbocycles. The molecule has 0 saturated carbocycles. The number of ether oxygens (including phenoxy) is 2. The van der Waals surface area contributed by atoms with Gasteiger partial charge in [-0.1, -0.05) is 24.3 Å². The van der Waals surface area contributed by atoms with E-state index >= 15 is 0 Å². The molecule has 180 valence electrons. The van der Waals surface area contributed by atoms with E-state index in [4.69, 9.17) is 9.47 Å². The number of hydrogen-bond donors (Lipinski definition) is 1. The third-order valence-corrected chi connectivity index (χ3v) is 5.92. The summed E-state index contributed by atoms with van der Waals surface area (Å²) >= 11 is 1.29. The van der Waals surface area contributed by atoms with Crippen molar-refractivity contribution in [3.05, 3.63) is 94.8 Å². The van der Waals surface area contributed by atoms with E-state index in [1.807, 2.05) is 6.07 Å². The molecular formula is C25H20F3N3O3S. The van der Waals surface area contributed by atoms with Gasteiger partial charge in [0.15, 0.2) is 11.5 Å². The van der Waals surface area contributed by atoms with Crippen LogP contribution in [0.15, 0.2) is 72.4 Å². The fraction of sp³-hybridized carbons (Fsp3) is 0.160. The van der Waals surface area contributed by atoms with Crippen molar-refractivity contribution in [3.8, 4) is 22.1 Å². The van der Waals surface area contributed by atoms with Crippen molar-refractivity contribution in [1.29, 1.82) is 0 Å². The van der Waals surface area contributed by atoms with Gasteiger partial charge in [0.1, 0.15) is 17.3 Å². The largest absolute Gasteiger partial charge is 0.493 e. The number of carbonyl (C=O) groups is 1. The Bertz CT molecular complexity index is 1310. The zero-order chi connectivity index (χ0) is 24.8. The summed E-state index contributed by atoms with van der Waals surface area (Å²) in [5.74, 6) is 0.315. The molecule has 0 spiro atoms. The minimum atomic E-state index is -4.47. The monoisotopic (exact) mass is 499 g/mol. The Morgan fingerprint density at radius 1 is 1.09 bits per heavy atom. The summed E-state index contributed by atoms with van der Waals surface area (Å²) in [6.07, 6.45) is -1.14. The van der Waals surface area contributed by atoms with E-state index < -0.39 is 11.7 Å². The van der Waals surface area contributed by atoms with Gasteiger partial charge in [-0.2, -0.15) is 13.2 Å². The zero-order valence-electron chi connectivity index (χ0n) is 18.5. The lowest BCUT2D eigenvalue weighted by atomic mass is 10.1. The molecule has 0 saturated heterocycles. The van der Waals surface area contributed by atoms with Crippen LogP contribution in [0, 0.1) is 0 Å². The van der Waals surface area contributed by atoms with E-state index in [1.165, 1.54) is 36.6 Å². The number of benzene rings is 2. The van der Waals surface area contributed by atoms with Crippen molar-refractivity contribution < 1.29 is 27.4 Å². The smallest absolute Gasteiger partial charge is 0.416 e. The molecule has 0 bridgehead atoms. The molecule has 4 rings (SSSR count). The molecule has 2 heterocycles. The number of nitrogens with one attached hydrogen (secondary N) is 1. The number of amides is 1. The number of thiazole rings is 1. The molecular weight excluding hydrogens is 479 g/mol. The van der Waals surface area contributed by atoms with Crippen LogP contribution in [0.3, 0.4) is 0 Å². The van der Waals surface area contributed by atoms with Gasteiger partial charge in [0.25, 0.3) is 5.91 Å². The Hall–Kier alpha value is -3.92. The molecule has 1 N–H and O–H groups in total. The summed E-state index contributed by atoms with van der Waals surface area (Å²) in [7, 11) is 1.44. The minimum Gasteiger partial charge on any atom is -0.493 e. The van der Waals surface area contributed by atoms with Crippen molar-refractivity contribution >= 4 is 17.2 Å². The van der Waals surface area contributed by atoms with E-state index in [0.29, 0.717) is 28.6 Å². The highest BCUT2D eigenvalue weighted by molar-refractivity contribution is 7.13. The molecule has 0 atom stereocenters. The summed E-state index contributed by atoms with van der Waals surface area (Å²) in [5, 5.41) is 5.04. The molecule has 6 nitrogen and oxygen atoms in total. The summed E-state index contributed by atoms with van der Waals surface area (Å²) in [6, 6.07) is 13.9. The van der Waals surface area contributed by atoms with Crippen LogP contribution in [0.5, 0.6) is 11.5 Å². The van der Waals surface area contributed by atoms with Gasteiger partial charge in [-0.3, -0.25) is 9.78 Å². The molecule has 4 aromatic rings. The second-order valence-corrected chi connectivity index (χ2v) is 8.25. The molecule has 35 heavy (non-hydrogen) atoms. The Morgan fingerprint density at radius 2 is 1.91 bits per heavy atom. The highest BCUT2D eigenvalue weighted by atomic mass is 32.1. The van der Waals surface area contributed by atoms with E-state index in [0.717, 1.165) is 11.6 Å². The predicted molar refractivity (Wildman–Crippen MR) is 125 cm³/mol. The topological polar surface area (TPSA) is 73.3 Å². The first-order chi connectivity index (χ1) is 16.8. The number of aromatic nitrogens is 2. The second kappa shape index (κ2) is 10.6. The maximum atomic E-state index is 13.2. The quantitative estimate of drug-likeness (QED) is 0.335. The molecule has 1 amide bonds. The fourth-order valence-corrected chi connectivity index (χ4v) is 4.08. The first kappa shape index (κ1) is 24.2.